The molecule has 0 unspecified atom stereocenters. The maximum atomic E-state index is 12.7. The van der Waals surface area contributed by atoms with Gasteiger partial charge >= 0.3 is 105 Å². The molecule has 0 atom stereocenters. The van der Waals surface area contributed by atoms with Crippen LogP contribution in [0, 0.1) is 15.4 Å². The van der Waals surface area contributed by atoms with Gasteiger partial charge in [-0.2, -0.15) is 0 Å². The summed E-state index contributed by atoms with van der Waals surface area (Å²) in [6, 6.07) is 2.21. The summed E-state index contributed by atoms with van der Waals surface area (Å²) in [5, 5.41) is 17.0. The van der Waals surface area contributed by atoms with Crippen molar-refractivity contribution in [2.24, 2.45) is 0 Å². The molecule has 0 amide bonds. The topological polar surface area (TPSA) is 85.5 Å². The second kappa shape index (κ2) is 6.16. The molecular weight excluding hydrogens is 268 g/mol. The van der Waals surface area contributed by atoms with Crippen LogP contribution >= 0.6 is 0 Å². The van der Waals surface area contributed by atoms with Crippen LogP contribution in [0.5, 0.6) is 5.75 Å². The Bertz CT molecular complexity index is 481. The van der Waals surface area contributed by atoms with Crippen LogP contribution in [0.1, 0.15) is 5.56 Å². The molecule has 0 aliphatic heterocycles. The Morgan fingerprint density at radius 1 is 1.37 bits per heavy atom. The molecule has 6 nitrogen and oxygen atoms in total. The van der Waals surface area contributed by atoms with Gasteiger partial charge in [0.25, 0.3) is 0 Å². The fourth-order valence-electron chi connectivity index (χ4n) is 1.24. The standard InChI is InChI=1S/C9H8BF3N2O4/c11-9(12,13)7-5-6(15(16)17)1-2-8(7)18-3-4-19-10-14/h1-2,5,14H,3-4H2. The molecule has 1 N–H and O–H groups in total. The Hall–Kier alpha value is -2.13. The Morgan fingerprint density at radius 3 is 2.58 bits per heavy atom. The summed E-state index contributed by atoms with van der Waals surface area (Å²) in [5.74, 6) is -0.522. The second-order valence-corrected chi connectivity index (χ2v) is 3.27. The van der Waals surface area contributed by atoms with Gasteiger partial charge in [-0.3, -0.25) is 0 Å². The number of hydrogen-bond donors (Lipinski definition) is 1. The van der Waals surface area contributed by atoms with Crippen LogP contribution in [0.2, 0.25) is 0 Å². The third-order valence-corrected chi connectivity index (χ3v) is 2.02. The molecule has 102 valence electrons. The van der Waals surface area contributed by atoms with E-state index in [0.717, 1.165) is 12.1 Å². The van der Waals surface area contributed by atoms with E-state index in [1.807, 2.05) is 0 Å². The van der Waals surface area contributed by atoms with E-state index in [2.05, 4.69) is 4.65 Å². The summed E-state index contributed by atoms with van der Waals surface area (Å²) < 4.78 is 47.4. The first-order valence-corrected chi connectivity index (χ1v) is 4.95. The van der Waals surface area contributed by atoms with E-state index in [0.29, 0.717) is 13.3 Å². The van der Waals surface area contributed by atoms with Gasteiger partial charge in [0.1, 0.15) is 0 Å². The van der Waals surface area contributed by atoms with Gasteiger partial charge in [-0.15, -0.1) is 0 Å². The van der Waals surface area contributed by atoms with Crippen molar-refractivity contribution in [3.8, 4) is 5.75 Å². The first-order chi connectivity index (χ1) is 8.86. The predicted octanol–water partition coefficient (Wildman–Crippen LogP) is 2.39. The zero-order valence-electron chi connectivity index (χ0n) is 9.44. The van der Waals surface area contributed by atoms with E-state index < -0.39 is 28.1 Å². The molecule has 1 aromatic rings. The summed E-state index contributed by atoms with van der Waals surface area (Å²) in [7, 11) is 0.629. The van der Waals surface area contributed by atoms with Crippen molar-refractivity contribution in [1.82, 2.24) is 0 Å². The average molecular weight is 276 g/mol. The minimum atomic E-state index is -4.76. The number of nitrogens with one attached hydrogen (secondary N) is 1. The van der Waals surface area contributed by atoms with Crippen LogP contribution in [-0.2, 0) is 10.8 Å². The maximum absolute atomic E-state index is 12.7. The van der Waals surface area contributed by atoms with Crippen LogP contribution in [0.3, 0.4) is 0 Å². The van der Waals surface area contributed by atoms with Crippen molar-refractivity contribution < 1.29 is 27.5 Å². The van der Waals surface area contributed by atoms with E-state index in [9.17, 15) is 23.3 Å². The number of nitro groups is 1. The van der Waals surface area contributed by atoms with E-state index in [-0.39, 0.29) is 13.2 Å². The van der Waals surface area contributed by atoms with Crippen LogP contribution in [0.25, 0.3) is 0 Å². The summed E-state index contributed by atoms with van der Waals surface area (Å²) in [6.07, 6.45) is -4.76. The number of rotatable bonds is 6. The van der Waals surface area contributed by atoms with Gasteiger partial charge in [0, 0.05) is 0 Å². The number of benzene rings is 1. The van der Waals surface area contributed by atoms with Gasteiger partial charge in [-0.05, 0) is 0 Å². The molecule has 0 bridgehead atoms. The van der Waals surface area contributed by atoms with E-state index in [4.69, 9.17) is 10.0 Å². The first-order valence-electron chi connectivity index (χ1n) is 4.95. The molecule has 0 radical (unpaired) electrons. The average Bonchev–Trinajstić information content (AvgIpc) is 2.33. The molecule has 0 fully saturated rings. The van der Waals surface area contributed by atoms with Crippen LogP contribution in [0.15, 0.2) is 18.2 Å². The third kappa shape index (κ3) is 4.23. The Kier molecular flexibility index (Phi) is 4.84. The van der Waals surface area contributed by atoms with Crippen molar-refractivity contribution in [3.05, 3.63) is 33.9 Å². The van der Waals surface area contributed by atoms with Gasteiger partial charge in [0.05, 0.1) is 0 Å². The molecule has 0 aromatic heterocycles. The number of hydrogen-bond acceptors (Lipinski definition) is 5. The van der Waals surface area contributed by atoms with Crippen molar-refractivity contribution in [1.29, 1.82) is 5.31 Å². The van der Waals surface area contributed by atoms with Crippen molar-refractivity contribution >= 4 is 13.0 Å². The summed E-state index contributed by atoms with van der Waals surface area (Å²) in [6.45, 7) is -0.311. The molecule has 1 rings (SSSR count). The molecule has 10 heteroatoms. The van der Waals surface area contributed by atoms with Crippen molar-refractivity contribution in [2.45, 2.75) is 6.18 Å². The molecule has 0 heterocycles. The monoisotopic (exact) mass is 276 g/mol. The second-order valence-electron chi connectivity index (χ2n) is 3.27. The molecule has 0 aliphatic carbocycles. The summed E-state index contributed by atoms with van der Waals surface area (Å²) in [4.78, 5) is 9.52. The Labute approximate surface area is 106 Å². The van der Waals surface area contributed by atoms with Gasteiger partial charge in [0.2, 0.25) is 0 Å². The molecular formula is C9H8BF3N2O4. The first kappa shape index (κ1) is 14.9. The number of alkyl halides is 3. The third-order valence-electron chi connectivity index (χ3n) is 2.02. The van der Waals surface area contributed by atoms with Crippen LogP contribution < -0.4 is 4.74 Å². The van der Waals surface area contributed by atoms with E-state index in [1.165, 1.54) is 0 Å². The van der Waals surface area contributed by atoms with Crippen molar-refractivity contribution in [2.75, 3.05) is 13.2 Å². The zero-order valence-corrected chi connectivity index (χ0v) is 9.44. The molecule has 0 aliphatic rings. The molecule has 1 aromatic carbocycles. The van der Waals surface area contributed by atoms with E-state index in [1.54, 1.807) is 0 Å². The molecule has 19 heavy (non-hydrogen) atoms. The van der Waals surface area contributed by atoms with Crippen LogP contribution in [0.4, 0.5) is 18.9 Å². The Morgan fingerprint density at radius 2 is 2.05 bits per heavy atom. The predicted molar refractivity (Wildman–Crippen MR) is 58.0 cm³/mol. The normalized spacial score (nSPS) is 10.7. The number of non-ortho nitro benzene ring substituents is 1. The van der Waals surface area contributed by atoms with E-state index >= 15 is 0 Å². The number of nitrogens with zero attached hydrogens (tertiary/aromatic N) is 1. The molecule has 0 saturated carbocycles. The quantitative estimate of drug-likeness (QED) is 0.374. The van der Waals surface area contributed by atoms with Gasteiger partial charge < -0.3 is 0 Å². The Balaban J connectivity index is 2.96. The summed E-state index contributed by atoms with van der Waals surface area (Å²) in [5.41, 5.74) is -1.90. The fraction of sp³-hybridized carbons (Fsp3) is 0.333. The van der Waals surface area contributed by atoms with Crippen LogP contribution in [-0.4, -0.2) is 25.4 Å². The SMILES string of the molecule is N=BOCCOc1ccc([N+](=O)[O-])cc1C(F)(F)F. The minimum absolute atomic E-state index is 0.0994. The van der Waals surface area contributed by atoms with Crippen molar-refractivity contribution in [3.63, 3.8) is 0 Å². The zero-order chi connectivity index (χ0) is 14.5. The number of halogens is 3. The number of ether oxygens (including phenoxy) is 1. The number of nitro benzene ring substituents is 1. The van der Waals surface area contributed by atoms with Gasteiger partial charge in [-0.1, -0.05) is 0 Å². The van der Waals surface area contributed by atoms with Gasteiger partial charge in [0.15, 0.2) is 0 Å². The summed E-state index contributed by atoms with van der Waals surface area (Å²) >= 11 is 0. The fourth-order valence-corrected chi connectivity index (χ4v) is 1.24. The molecule has 0 saturated heterocycles. The molecule has 0 spiro atoms. The van der Waals surface area contributed by atoms with Gasteiger partial charge in [-0.25, -0.2) is 0 Å².